The summed E-state index contributed by atoms with van der Waals surface area (Å²) in [4.78, 5) is 27.8. The van der Waals surface area contributed by atoms with Crippen molar-refractivity contribution < 1.29 is 14.0 Å². The van der Waals surface area contributed by atoms with E-state index in [9.17, 15) is 14.0 Å². The Hall–Kier alpha value is -2.17. The predicted molar refractivity (Wildman–Crippen MR) is 123 cm³/mol. The molecule has 172 valence electrons. The smallest absolute Gasteiger partial charge is 0.246 e. The molecule has 4 nitrogen and oxygen atoms in total. The first-order valence-electron chi connectivity index (χ1n) is 12.3. The van der Waals surface area contributed by atoms with Gasteiger partial charge >= 0.3 is 0 Å². The number of para-hydroxylation sites is 1. The molecule has 1 N–H and O–H groups in total. The first-order valence-corrected chi connectivity index (χ1v) is 12.3. The maximum Gasteiger partial charge on any atom is 0.246 e. The number of nitrogens with zero attached hydrogens (tertiary/aromatic N) is 1. The van der Waals surface area contributed by atoms with Crippen LogP contribution >= 0.6 is 0 Å². The molecule has 32 heavy (non-hydrogen) atoms. The van der Waals surface area contributed by atoms with Crippen LogP contribution in [0.2, 0.25) is 0 Å². The molecule has 0 spiro atoms. The summed E-state index contributed by atoms with van der Waals surface area (Å²) in [6.07, 6.45) is 10.2. The van der Waals surface area contributed by atoms with Gasteiger partial charge in [0.15, 0.2) is 0 Å². The molecule has 3 aliphatic carbocycles. The van der Waals surface area contributed by atoms with Gasteiger partial charge in [0, 0.05) is 23.9 Å². The Bertz CT molecular complexity index is 961. The van der Waals surface area contributed by atoms with Gasteiger partial charge < -0.3 is 10.2 Å². The van der Waals surface area contributed by atoms with Crippen molar-refractivity contribution in [3.63, 3.8) is 0 Å². The van der Waals surface area contributed by atoms with E-state index < -0.39 is 0 Å². The predicted octanol–water partition coefficient (Wildman–Crippen LogP) is 5.41. The molecule has 5 rings (SSSR count). The van der Waals surface area contributed by atoms with Crippen molar-refractivity contribution in [3.8, 4) is 0 Å². The maximum atomic E-state index is 14.1. The van der Waals surface area contributed by atoms with Crippen molar-refractivity contribution in [3.05, 3.63) is 42.2 Å². The number of anilines is 1. The van der Waals surface area contributed by atoms with Gasteiger partial charge in [0.05, 0.1) is 5.69 Å². The van der Waals surface area contributed by atoms with E-state index in [2.05, 4.69) is 37.1 Å². The molecule has 1 heterocycles. The second kappa shape index (κ2) is 7.71. The van der Waals surface area contributed by atoms with Gasteiger partial charge in [-0.05, 0) is 86.8 Å². The van der Waals surface area contributed by atoms with E-state index in [0.717, 1.165) is 45.1 Å². The van der Waals surface area contributed by atoms with Gasteiger partial charge in [-0.15, -0.1) is 0 Å². The average molecular weight is 439 g/mol. The van der Waals surface area contributed by atoms with Gasteiger partial charge in [-0.3, -0.25) is 9.59 Å². The van der Waals surface area contributed by atoms with Gasteiger partial charge in [0.2, 0.25) is 11.8 Å². The molecule has 1 aromatic carbocycles. The first kappa shape index (κ1) is 21.7. The van der Waals surface area contributed by atoms with Crippen LogP contribution in [0.25, 0.3) is 0 Å². The van der Waals surface area contributed by atoms with E-state index in [1.165, 1.54) is 6.07 Å². The van der Waals surface area contributed by atoms with Gasteiger partial charge in [-0.2, -0.15) is 0 Å². The fraction of sp³-hybridized carbons (Fsp3) is 0.630. The lowest BCUT2D eigenvalue weighted by molar-refractivity contribution is -0.143. The Balaban J connectivity index is 1.38. The van der Waals surface area contributed by atoms with Gasteiger partial charge in [0.25, 0.3) is 0 Å². The van der Waals surface area contributed by atoms with Crippen LogP contribution in [0, 0.1) is 40.3 Å². The topological polar surface area (TPSA) is 49.4 Å². The van der Waals surface area contributed by atoms with Gasteiger partial charge in [-0.25, -0.2) is 4.39 Å². The van der Waals surface area contributed by atoms with Crippen molar-refractivity contribution in [1.82, 2.24) is 4.90 Å². The lowest BCUT2D eigenvalue weighted by atomic mass is 9.47. The van der Waals surface area contributed by atoms with Crippen molar-refractivity contribution in [1.29, 1.82) is 0 Å². The zero-order valence-electron chi connectivity index (χ0n) is 19.4. The third-order valence-electron chi connectivity index (χ3n) is 9.76. The van der Waals surface area contributed by atoms with E-state index in [1.807, 2.05) is 0 Å². The third-order valence-corrected chi connectivity index (χ3v) is 9.76. The summed E-state index contributed by atoms with van der Waals surface area (Å²) in [5.41, 5.74) is 0.253. The zero-order valence-corrected chi connectivity index (χ0v) is 19.4. The van der Waals surface area contributed by atoms with Crippen LogP contribution < -0.4 is 5.32 Å². The number of hydrogen-bond acceptors (Lipinski definition) is 2. The highest BCUT2D eigenvalue weighted by molar-refractivity contribution is 5.93. The number of amides is 2. The summed E-state index contributed by atoms with van der Waals surface area (Å²) in [6, 6.07) is 6.71. The maximum absolute atomic E-state index is 14.1. The molecule has 3 fully saturated rings. The van der Waals surface area contributed by atoms with Crippen LogP contribution in [-0.4, -0.2) is 29.3 Å². The molecular weight excluding hydrogens is 403 g/mol. The second-order valence-corrected chi connectivity index (χ2v) is 10.9. The van der Waals surface area contributed by atoms with Crippen LogP contribution in [-0.2, 0) is 9.59 Å². The SMILES string of the molecule is CCN1C(=O)C=C[C@]2(C)[C@H]3CC[C@]4(C)[C@@H](C(=O)Nc5ccccc5F)CC[C@H]4[C@@H]3CC[C@@H]12. The van der Waals surface area contributed by atoms with E-state index in [4.69, 9.17) is 0 Å². The van der Waals surface area contributed by atoms with Crippen LogP contribution in [0.5, 0.6) is 0 Å². The quantitative estimate of drug-likeness (QED) is 0.686. The molecule has 1 aromatic rings. The Morgan fingerprint density at radius 3 is 2.66 bits per heavy atom. The van der Waals surface area contributed by atoms with Crippen molar-refractivity contribution in [2.24, 2.45) is 34.5 Å². The Labute approximate surface area is 190 Å². The number of nitrogens with one attached hydrogen (secondary N) is 1. The van der Waals surface area contributed by atoms with E-state index in [1.54, 1.807) is 24.3 Å². The zero-order chi connectivity index (χ0) is 22.7. The highest BCUT2D eigenvalue weighted by Gasteiger charge is 2.61. The third kappa shape index (κ3) is 3.07. The summed E-state index contributed by atoms with van der Waals surface area (Å²) < 4.78 is 14.1. The number of rotatable bonds is 3. The summed E-state index contributed by atoms with van der Waals surface area (Å²) in [7, 11) is 0. The summed E-state index contributed by atoms with van der Waals surface area (Å²) in [5.74, 6) is 1.31. The van der Waals surface area contributed by atoms with Crippen LogP contribution in [0.3, 0.4) is 0 Å². The fourth-order valence-electron chi connectivity index (χ4n) is 8.19. The monoisotopic (exact) mass is 438 g/mol. The number of likely N-dealkylation sites (N-methyl/N-ethyl adjacent to an activating group) is 1. The van der Waals surface area contributed by atoms with E-state index >= 15 is 0 Å². The molecule has 3 saturated carbocycles. The molecule has 0 aromatic heterocycles. The molecule has 7 atom stereocenters. The average Bonchev–Trinajstić information content (AvgIpc) is 3.13. The molecular formula is C27H35FN2O2. The van der Waals surface area contributed by atoms with Crippen LogP contribution in [0.15, 0.2) is 36.4 Å². The van der Waals surface area contributed by atoms with Crippen molar-refractivity contribution in [2.45, 2.75) is 65.3 Å². The summed E-state index contributed by atoms with van der Waals surface area (Å²) >= 11 is 0. The minimum Gasteiger partial charge on any atom is -0.336 e. The molecule has 5 heteroatoms. The highest BCUT2D eigenvalue weighted by Crippen LogP contribution is 2.65. The van der Waals surface area contributed by atoms with Crippen LogP contribution in [0.1, 0.15) is 59.3 Å². The number of benzene rings is 1. The minimum atomic E-state index is -0.380. The van der Waals surface area contributed by atoms with Gasteiger partial charge in [-0.1, -0.05) is 32.1 Å². The number of halogens is 1. The summed E-state index contributed by atoms with van der Waals surface area (Å²) in [6.45, 7) is 7.51. The van der Waals surface area contributed by atoms with Crippen LogP contribution in [0.4, 0.5) is 10.1 Å². The number of hydrogen-bond donors (Lipinski definition) is 1. The Morgan fingerprint density at radius 1 is 1.12 bits per heavy atom. The Morgan fingerprint density at radius 2 is 1.91 bits per heavy atom. The normalized spacial score (nSPS) is 40.4. The lowest BCUT2D eigenvalue weighted by Gasteiger charge is -2.60. The van der Waals surface area contributed by atoms with Crippen molar-refractivity contribution in [2.75, 3.05) is 11.9 Å². The molecule has 4 aliphatic rings. The Kier molecular flexibility index (Phi) is 5.22. The molecule has 2 amide bonds. The second-order valence-electron chi connectivity index (χ2n) is 10.9. The standard InChI is InChI=1S/C27H35FN2O2/c1-4-30-23-12-9-17-18-10-11-20(25(32)29-22-8-6-5-7-21(22)28)26(18,2)15-13-19(17)27(23,3)16-14-24(30)31/h5-8,14,16-20,23H,4,9-13,15H2,1-3H3,(H,29,32)/t17-,18-,19-,20+,23+,26-,27+/m0/s1. The van der Waals surface area contributed by atoms with E-state index in [0.29, 0.717) is 17.8 Å². The van der Waals surface area contributed by atoms with Gasteiger partial charge in [0.1, 0.15) is 5.82 Å². The minimum absolute atomic E-state index is 0.0156. The number of carbonyl (C=O) groups excluding carboxylic acids is 2. The fourth-order valence-corrected chi connectivity index (χ4v) is 8.19. The van der Waals surface area contributed by atoms with Crippen molar-refractivity contribution >= 4 is 17.5 Å². The first-order chi connectivity index (χ1) is 15.3. The van der Waals surface area contributed by atoms with E-state index in [-0.39, 0.29) is 46.1 Å². The number of fused-ring (bicyclic) bond motifs is 5. The summed E-state index contributed by atoms with van der Waals surface area (Å²) in [5, 5.41) is 2.88. The molecule has 0 radical (unpaired) electrons. The number of carbonyl (C=O) groups is 2. The lowest BCUT2D eigenvalue weighted by Crippen LogP contribution is -2.60. The largest absolute Gasteiger partial charge is 0.336 e. The molecule has 1 aliphatic heterocycles. The highest BCUT2D eigenvalue weighted by atomic mass is 19.1. The molecule has 0 unspecified atom stereocenters. The molecule has 0 saturated heterocycles. The molecule has 0 bridgehead atoms.